The predicted molar refractivity (Wildman–Crippen MR) is 78.8 cm³/mol. The molecule has 1 heterocycles. The summed E-state index contributed by atoms with van der Waals surface area (Å²) in [4.78, 5) is 17.1. The van der Waals surface area contributed by atoms with E-state index in [2.05, 4.69) is 4.98 Å². The van der Waals surface area contributed by atoms with E-state index in [0.29, 0.717) is 17.2 Å². The third-order valence-electron chi connectivity index (χ3n) is 2.72. The van der Waals surface area contributed by atoms with Crippen LogP contribution in [0.25, 0.3) is 0 Å². The zero-order chi connectivity index (χ0) is 13.7. The number of hydrogen-bond acceptors (Lipinski definition) is 3. The molecule has 0 unspecified atom stereocenters. The smallest absolute Gasteiger partial charge is 0.150 e. The molecule has 3 nitrogen and oxygen atoms in total. The summed E-state index contributed by atoms with van der Waals surface area (Å²) in [5, 5.41) is 0.690. The van der Waals surface area contributed by atoms with Crippen LogP contribution in [0.1, 0.15) is 12.7 Å². The maximum Gasteiger partial charge on any atom is 0.150 e. The molecule has 19 heavy (non-hydrogen) atoms. The van der Waals surface area contributed by atoms with E-state index in [9.17, 15) is 4.79 Å². The number of hydrogen-bond donors (Lipinski definition) is 0. The second kappa shape index (κ2) is 6.78. The van der Waals surface area contributed by atoms with Crippen molar-refractivity contribution in [3.05, 3.63) is 47.5 Å². The minimum absolute atomic E-state index is 0.158. The first-order valence-corrected chi connectivity index (χ1v) is 7.46. The molecule has 0 spiro atoms. The second-order valence-corrected chi connectivity index (χ2v) is 5.49. The van der Waals surface area contributed by atoms with Crippen LogP contribution in [-0.2, 0) is 17.8 Å². The zero-order valence-corrected chi connectivity index (χ0v) is 12.2. The van der Waals surface area contributed by atoms with Crippen molar-refractivity contribution in [2.45, 2.75) is 24.8 Å². The molecular weight excluding hydrogens is 280 g/mol. The molecule has 0 atom stereocenters. The number of nitrogens with zero attached hydrogens (tertiary/aromatic N) is 2. The first-order chi connectivity index (χ1) is 9.20. The monoisotopic (exact) mass is 294 g/mol. The summed E-state index contributed by atoms with van der Waals surface area (Å²) >= 11 is 7.52. The second-order valence-electron chi connectivity index (χ2n) is 4.06. The topological polar surface area (TPSA) is 34.9 Å². The lowest BCUT2D eigenvalue weighted by atomic mass is 10.3. The Hall–Kier alpha value is -1.26. The van der Waals surface area contributed by atoms with Crippen molar-refractivity contribution in [1.82, 2.24) is 9.55 Å². The number of thioether (sulfide) groups is 1. The van der Waals surface area contributed by atoms with Crippen LogP contribution in [-0.4, -0.2) is 21.1 Å². The van der Waals surface area contributed by atoms with E-state index in [0.717, 1.165) is 17.3 Å². The van der Waals surface area contributed by atoms with E-state index in [1.54, 1.807) is 6.20 Å². The molecule has 0 radical (unpaired) electrons. The molecule has 0 N–H and O–H groups in total. The Balaban J connectivity index is 1.90. The maximum absolute atomic E-state index is 11.9. The summed E-state index contributed by atoms with van der Waals surface area (Å²) in [6.07, 6.45) is 4.00. The predicted octanol–water partition coefficient (Wildman–Crippen LogP) is 3.46. The van der Waals surface area contributed by atoms with Crippen molar-refractivity contribution in [2.75, 3.05) is 5.75 Å². The molecule has 1 aromatic heterocycles. The fourth-order valence-corrected chi connectivity index (χ4v) is 2.84. The molecule has 0 saturated carbocycles. The molecule has 0 bridgehead atoms. The van der Waals surface area contributed by atoms with Crippen LogP contribution in [0.5, 0.6) is 0 Å². The number of aryl methyl sites for hydroxylation is 1. The number of imidazole rings is 1. The van der Waals surface area contributed by atoms with Crippen molar-refractivity contribution in [3.8, 4) is 0 Å². The maximum atomic E-state index is 11.9. The number of benzene rings is 1. The van der Waals surface area contributed by atoms with Crippen LogP contribution < -0.4 is 0 Å². The Morgan fingerprint density at radius 3 is 2.95 bits per heavy atom. The lowest BCUT2D eigenvalue weighted by Crippen LogP contribution is -2.11. The van der Waals surface area contributed by atoms with Crippen LogP contribution in [0.15, 0.2) is 41.6 Å². The molecule has 2 rings (SSSR count). The third-order valence-corrected chi connectivity index (χ3v) is 4.30. The number of ketones is 1. The molecular formula is C14H15ClN2OS. The van der Waals surface area contributed by atoms with Gasteiger partial charge < -0.3 is 4.57 Å². The molecule has 0 saturated heterocycles. The highest BCUT2D eigenvalue weighted by atomic mass is 35.5. The van der Waals surface area contributed by atoms with Crippen LogP contribution in [0.2, 0.25) is 5.02 Å². The lowest BCUT2D eigenvalue weighted by Gasteiger charge is -2.05. The Morgan fingerprint density at radius 2 is 2.21 bits per heavy atom. The van der Waals surface area contributed by atoms with Gasteiger partial charge in [0.25, 0.3) is 0 Å². The number of carbonyl (C=O) groups is 1. The molecule has 0 fully saturated rings. The molecule has 0 aliphatic carbocycles. The van der Waals surface area contributed by atoms with Gasteiger partial charge in [-0.05, 0) is 19.1 Å². The first-order valence-electron chi connectivity index (χ1n) is 6.09. The summed E-state index contributed by atoms with van der Waals surface area (Å²) < 4.78 is 1.98. The van der Waals surface area contributed by atoms with Crippen molar-refractivity contribution in [2.24, 2.45) is 0 Å². The minimum atomic E-state index is 0.158. The number of Topliss-reactive ketones (excluding diaryl/α,β-unsaturated/α-hetero) is 1. The van der Waals surface area contributed by atoms with Gasteiger partial charge in [0.05, 0.1) is 17.2 Å². The fourth-order valence-electron chi connectivity index (χ4n) is 1.74. The summed E-state index contributed by atoms with van der Waals surface area (Å²) in [7, 11) is 0. The summed E-state index contributed by atoms with van der Waals surface area (Å²) in [6, 6.07) is 7.56. The average Bonchev–Trinajstić information content (AvgIpc) is 2.85. The van der Waals surface area contributed by atoms with Gasteiger partial charge in [-0.15, -0.1) is 11.8 Å². The van der Waals surface area contributed by atoms with Gasteiger partial charge >= 0.3 is 0 Å². The summed E-state index contributed by atoms with van der Waals surface area (Å²) in [6.45, 7) is 2.87. The normalized spacial score (nSPS) is 10.6. The molecule has 100 valence electrons. The molecule has 5 heteroatoms. The standard InChI is InChI=1S/C14H15ClN2OS/c1-2-17-8-7-16-14(17)9-11(18)10-19-13-6-4-3-5-12(13)15/h3-8H,2,9-10H2,1H3. The van der Waals surface area contributed by atoms with Gasteiger partial charge in [-0.1, -0.05) is 23.7 Å². The van der Waals surface area contributed by atoms with E-state index in [1.165, 1.54) is 11.8 Å². The number of halogens is 1. The van der Waals surface area contributed by atoms with Crippen LogP contribution in [0.3, 0.4) is 0 Å². The lowest BCUT2D eigenvalue weighted by molar-refractivity contribution is -0.116. The van der Waals surface area contributed by atoms with Gasteiger partial charge in [0.2, 0.25) is 0 Å². The van der Waals surface area contributed by atoms with E-state index in [-0.39, 0.29) is 5.78 Å². The molecule has 2 aromatic rings. The molecule has 0 amide bonds. The highest BCUT2D eigenvalue weighted by Gasteiger charge is 2.10. The third kappa shape index (κ3) is 3.85. The SMILES string of the molecule is CCn1ccnc1CC(=O)CSc1ccccc1Cl. The Bertz CT molecular complexity index is 568. The zero-order valence-electron chi connectivity index (χ0n) is 10.7. The van der Waals surface area contributed by atoms with E-state index >= 15 is 0 Å². The van der Waals surface area contributed by atoms with Gasteiger partial charge in [-0.2, -0.15) is 0 Å². The van der Waals surface area contributed by atoms with E-state index in [4.69, 9.17) is 11.6 Å². The highest BCUT2D eigenvalue weighted by Crippen LogP contribution is 2.26. The Morgan fingerprint density at radius 1 is 1.42 bits per heavy atom. The quantitative estimate of drug-likeness (QED) is 0.765. The summed E-state index contributed by atoms with van der Waals surface area (Å²) in [5.41, 5.74) is 0. The van der Waals surface area contributed by atoms with Crippen LogP contribution >= 0.6 is 23.4 Å². The molecule has 0 aliphatic heterocycles. The van der Waals surface area contributed by atoms with Crippen LogP contribution in [0.4, 0.5) is 0 Å². The van der Waals surface area contributed by atoms with Gasteiger partial charge in [0.1, 0.15) is 5.82 Å². The first kappa shape index (κ1) is 14.2. The average molecular weight is 295 g/mol. The van der Waals surface area contributed by atoms with Gasteiger partial charge in [0.15, 0.2) is 5.78 Å². The van der Waals surface area contributed by atoms with E-state index < -0.39 is 0 Å². The van der Waals surface area contributed by atoms with Crippen molar-refractivity contribution in [1.29, 1.82) is 0 Å². The van der Waals surface area contributed by atoms with Gasteiger partial charge in [0, 0.05) is 23.8 Å². The van der Waals surface area contributed by atoms with E-state index in [1.807, 2.05) is 42.0 Å². The largest absolute Gasteiger partial charge is 0.335 e. The van der Waals surface area contributed by atoms with Crippen molar-refractivity contribution >= 4 is 29.1 Å². The van der Waals surface area contributed by atoms with Crippen LogP contribution in [0, 0.1) is 0 Å². The number of aromatic nitrogens is 2. The minimum Gasteiger partial charge on any atom is -0.335 e. The summed E-state index contributed by atoms with van der Waals surface area (Å²) in [5.74, 6) is 1.40. The van der Waals surface area contributed by atoms with Crippen molar-refractivity contribution in [3.63, 3.8) is 0 Å². The van der Waals surface area contributed by atoms with Gasteiger partial charge in [-0.3, -0.25) is 4.79 Å². The molecule has 1 aromatic carbocycles. The molecule has 0 aliphatic rings. The Kier molecular flexibility index (Phi) is 5.05. The Labute approximate surface area is 122 Å². The van der Waals surface area contributed by atoms with Gasteiger partial charge in [-0.25, -0.2) is 4.98 Å². The fraction of sp³-hybridized carbons (Fsp3) is 0.286. The number of carbonyl (C=O) groups excluding carboxylic acids is 1. The highest BCUT2D eigenvalue weighted by molar-refractivity contribution is 8.00. The van der Waals surface area contributed by atoms with Crippen molar-refractivity contribution < 1.29 is 4.79 Å². The number of rotatable bonds is 6.